The van der Waals surface area contributed by atoms with E-state index in [9.17, 15) is 24.0 Å². The van der Waals surface area contributed by atoms with Crippen molar-refractivity contribution < 1.29 is 29.1 Å². The quantitative estimate of drug-likeness (QED) is 0.591. The number of hydrogen-bond donors (Lipinski definition) is 2. The largest absolute Gasteiger partial charge is 0.481 e. The van der Waals surface area contributed by atoms with Crippen LogP contribution in [0.25, 0.3) is 0 Å². The van der Waals surface area contributed by atoms with Gasteiger partial charge in [0, 0.05) is 11.3 Å². The predicted molar refractivity (Wildman–Crippen MR) is 81.5 cm³/mol. The number of nitrogens with zero attached hydrogens (tertiary/aromatic N) is 1. The van der Waals surface area contributed by atoms with Crippen LogP contribution in [0.4, 0.5) is 0 Å². The van der Waals surface area contributed by atoms with Gasteiger partial charge in [-0.15, -0.1) is 11.8 Å². The smallest absolute Gasteiger partial charge is 0.313 e. The van der Waals surface area contributed by atoms with Crippen molar-refractivity contribution >= 4 is 41.4 Å². The summed E-state index contributed by atoms with van der Waals surface area (Å²) in [7, 11) is 0. The Kier molecular flexibility index (Phi) is 4.10. The lowest BCUT2D eigenvalue weighted by molar-refractivity contribution is -0.136. The second-order valence-electron chi connectivity index (χ2n) is 5.31. The van der Waals surface area contributed by atoms with Crippen molar-refractivity contribution in [3.63, 3.8) is 0 Å². The summed E-state index contributed by atoms with van der Waals surface area (Å²) < 4.78 is 0. The van der Waals surface area contributed by atoms with Gasteiger partial charge in [-0.05, 0) is 18.6 Å². The molecule has 1 aromatic carbocycles. The fourth-order valence-corrected chi connectivity index (χ4v) is 3.54. The topological polar surface area (TPSA) is 121 Å². The number of rotatable bonds is 4. The molecule has 0 aromatic heterocycles. The van der Waals surface area contributed by atoms with Crippen molar-refractivity contribution in [1.82, 2.24) is 10.2 Å². The van der Waals surface area contributed by atoms with Gasteiger partial charge in [0.2, 0.25) is 11.8 Å². The molecule has 24 heavy (non-hydrogen) atoms. The molecule has 0 bridgehead atoms. The van der Waals surface area contributed by atoms with Crippen LogP contribution in [0.5, 0.6) is 0 Å². The average Bonchev–Trinajstić information content (AvgIpc) is 2.78. The molecule has 2 aliphatic rings. The van der Waals surface area contributed by atoms with E-state index in [0.717, 1.165) is 16.7 Å². The number of carbonyl (C=O) groups excluding carboxylic acids is 4. The Morgan fingerprint density at radius 3 is 2.67 bits per heavy atom. The van der Waals surface area contributed by atoms with Gasteiger partial charge in [0.05, 0.1) is 16.9 Å². The molecule has 3 rings (SSSR count). The molecule has 2 heterocycles. The van der Waals surface area contributed by atoms with Gasteiger partial charge in [-0.1, -0.05) is 6.07 Å². The van der Waals surface area contributed by atoms with Gasteiger partial charge in [-0.25, -0.2) is 0 Å². The summed E-state index contributed by atoms with van der Waals surface area (Å²) in [5.41, 5.74) is 0.249. The first kappa shape index (κ1) is 16.2. The molecule has 8 nitrogen and oxygen atoms in total. The van der Waals surface area contributed by atoms with Crippen LogP contribution in [-0.2, 0) is 14.4 Å². The summed E-state index contributed by atoms with van der Waals surface area (Å²) in [5, 5.41) is 10.9. The van der Waals surface area contributed by atoms with Crippen LogP contribution in [0.3, 0.4) is 0 Å². The lowest BCUT2D eigenvalue weighted by Gasteiger charge is -2.27. The van der Waals surface area contributed by atoms with E-state index in [1.807, 2.05) is 0 Å². The number of carboxylic acid groups (broad SMARTS) is 1. The molecule has 0 radical (unpaired) electrons. The third-order valence-electron chi connectivity index (χ3n) is 3.78. The minimum Gasteiger partial charge on any atom is -0.481 e. The summed E-state index contributed by atoms with van der Waals surface area (Å²) in [5.74, 6) is -3.67. The first-order valence-electron chi connectivity index (χ1n) is 7.09. The van der Waals surface area contributed by atoms with E-state index >= 15 is 0 Å². The normalized spacial score (nSPS) is 20.2. The lowest BCUT2D eigenvalue weighted by atomic mass is 10.0. The maximum Gasteiger partial charge on any atom is 0.313 e. The highest BCUT2D eigenvalue weighted by molar-refractivity contribution is 8.00. The third-order valence-corrected chi connectivity index (χ3v) is 4.82. The maximum absolute atomic E-state index is 12.7. The van der Waals surface area contributed by atoms with Crippen molar-refractivity contribution in [2.24, 2.45) is 0 Å². The van der Waals surface area contributed by atoms with Crippen molar-refractivity contribution in [2.45, 2.75) is 23.8 Å². The lowest BCUT2D eigenvalue weighted by Crippen LogP contribution is -2.54. The number of amides is 4. The van der Waals surface area contributed by atoms with Crippen molar-refractivity contribution in [2.75, 3.05) is 5.75 Å². The molecule has 2 N–H and O–H groups in total. The molecule has 1 fully saturated rings. The second-order valence-corrected chi connectivity index (χ2v) is 6.33. The van der Waals surface area contributed by atoms with Crippen molar-refractivity contribution in [3.05, 3.63) is 29.3 Å². The summed E-state index contributed by atoms with van der Waals surface area (Å²) in [6, 6.07) is 3.55. The number of hydrogen-bond acceptors (Lipinski definition) is 6. The number of aliphatic carboxylic acids is 1. The predicted octanol–water partition coefficient (Wildman–Crippen LogP) is 0.265. The zero-order valence-corrected chi connectivity index (χ0v) is 13.1. The Morgan fingerprint density at radius 1 is 1.25 bits per heavy atom. The summed E-state index contributed by atoms with van der Waals surface area (Å²) in [4.78, 5) is 60.4. The van der Waals surface area contributed by atoms with Crippen LogP contribution in [0.15, 0.2) is 23.1 Å². The van der Waals surface area contributed by atoms with E-state index in [0.29, 0.717) is 4.90 Å². The third kappa shape index (κ3) is 2.67. The fraction of sp³-hybridized carbons (Fsp3) is 0.267. The molecule has 124 valence electrons. The first-order chi connectivity index (χ1) is 11.4. The molecule has 1 unspecified atom stereocenters. The van der Waals surface area contributed by atoms with E-state index in [2.05, 4.69) is 5.32 Å². The maximum atomic E-state index is 12.7. The first-order valence-corrected chi connectivity index (χ1v) is 8.08. The number of piperidine rings is 1. The number of thioether (sulfide) groups is 1. The monoisotopic (exact) mass is 348 g/mol. The van der Waals surface area contributed by atoms with Crippen LogP contribution in [0.2, 0.25) is 0 Å². The van der Waals surface area contributed by atoms with Crippen molar-refractivity contribution in [1.29, 1.82) is 0 Å². The Balaban J connectivity index is 1.94. The minimum atomic E-state index is -1.04. The highest BCUT2D eigenvalue weighted by Crippen LogP contribution is 2.34. The minimum absolute atomic E-state index is 0.0461. The number of nitrogens with one attached hydrogen (secondary N) is 1. The van der Waals surface area contributed by atoms with Gasteiger partial charge in [0.15, 0.2) is 0 Å². The van der Waals surface area contributed by atoms with E-state index < -0.39 is 35.6 Å². The number of benzene rings is 1. The van der Waals surface area contributed by atoms with E-state index in [4.69, 9.17) is 5.11 Å². The zero-order chi connectivity index (χ0) is 17.4. The van der Waals surface area contributed by atoms with Crippen LogP contribution < -0.4 is 5.32 Å². The standard InChI is InChI=1S/C15H12N2O6S/c18-10-5-4-8(13(21)16-10)17-14(22)7-2-1-3-9(12(7)15(17)23)24-6-11(19)20/h1-3,8H,4-6H2,(H,19,20)(H,16,18,21). The SMILES string of the molecule is O=C(O)CSc1cccc2c1C(=O)N(C1CCC(=O)NC1=O)C2=O. The van der Waals surface area contributed by atoms with Gasteiger partial charge in [0.25, 0.3) is 11.8 Å². The van der Waals surface area contributed by atoms with Gasteiger partial charge in [-0.2, -0.15) is 0 Å². The van der Waals surface area contributed by atoms with E-state index in [1.165, 1.54) is 6.07 Å². The number of fused-ring (bicyclic) bond motifs is 1. The van der Waals surface area contributed by atoms with Gasteiger partial charge in [-0.3, -0.25) is 34.2 Å². The molecule has 0 saturated carbocycles. The van der Waals surface area contributed by atoms with Gasteiger partial charge in [0.1, 0.15) is 6.04 Å². The highest BCUT2D eigenvalue weighted by Gasteiger charge is 2.45. The molecule has 1 aromatic rings. The van der Waals surface area contributed by atoms with Gasteiger partial charge < -0.3 is 5.11 Å². The summed E-state index contributed by atoms with van der Waals surface area (Å²) in [6.45, 7) is 0. The number of carboxylic acids is 1. The molecule has 1 saturated heterocycles. The number of carbonyl (C=O) groups is 5. The molecule has 0 spiro atoms. The summed E-state index contributed by atoms with van der Waals surface area (Å²) >= 11 is 0.936. The second kappa shape index (κ2) is 6.08. The Bertz CT molecular complexity index is 790. The molecule has 1 atom stereocenters. The molecular weight excluding hydrogens is 336 g/mol. The highest BCUT2D eigenvalue weighted by atomic mass is 32.2. The van der Waals surface area contributed by atoms with Crippen LogP contribution >= 0.6 is 11.8 Å². The van der Waals surface area contributed by atoms with Crippen LogP contribution in [-0.4, -0.2) is 51.4 Å². The van der Waals surface area contributed by atoms with Gasteiger partial charge >= 0.3 is 5.97 Å². The molecular formula is C15H12N2O6S. The Morgan fingerprint density at radius 2 is 2.00 bits per heavy atom. The molecule has 2 aliphatic heterocycles. The van der Waals surface area contributed by atoms with Crippen LogP contribution in [0, 0.1) is 0 Å². The summed E-state index contributed by atoms with van der Waals surface area (Å²) in [6.07, 6.45) is 0.123. The Labute approximate surface area is 140 Å². The average molecular weight is 348 g/mol. The number of imide groups is 2. The van der Waals surface area contributed by atoms with Crippen molar-refractivity contribution in [3.8, 4) is 0 Å². The van der Waals surface area contributed by atoms with E-state index in [1.54, 1.807) is 12.1 Å². The van der Waals surface area contributed by atoms with Crippen LogP contribution in [0.1, 0.15) is 33.6 Å². The zero-order valence-electron chi connectivity index (χ0n) is 12.3. The fourth-order valence-electron chi connectivity index (χ4n) is 2.74. The molecule has 0 aliphatic carbocycles. The molecule has 4 amide bonds. The Hall–Kier alpha value is -2.68. The van der Waals surface area contributed by atoms with E-state index in [-0.39, 0.29) is 29.7 Å². The molecule has 9 heteroatoms.